The molecule has 2 nitrogen and oxygen atoms in total. The highest BCUT2D eigenvalue weighted by atomic mass is 16.5. The first-order valence-corrected chi connectivity index (χ1v) is 6.15. The van der Waals surface area contributed by atoms with Crippen LogP contribution in [0.25, 0.3) is 0 Å². The van der Waals surface area contributed by atoms with Crippen molar-refractivity contribution in [1.29, 1.82) is 0 Å². The summed E-state index contributed by atoms with van der Waals surface area (Å²) >= 11 is 0. The van der Waals surface area contributed by atoms with Gasteiger partial charge in [-0.25, -0.2) is 0 Å². The van der Waals surface area contributed by atoms with Gasteiger partial charge in [0, 0.05) is 12.0 Å². The minimum Gasteiger partial charge on any atom is -0.380 e. The molecule has 2 heteroatoms. The fourth-order valence-corrected chi connectivity index (χ4v) is 2.23. The standard InChI is InChI=1S/C13H22O2/c1-2-13(10-15-11-13)9-14-8-12-6-4-3-5-7-12/h3-4,12H,2,5-11H2,1H3. The molecule has 0 aromatic heterocycles. The van der Waals surface area contributed by atoms with Crippen LogP contribution in [-0.2, 0) is 9.47 Å². The SMILES string of the molecule is CCC1(COCC2CC=CCC2)COC1. The number of hydrogen-bond donors (Lipinski definition) is 0. The third kappa shape index (κ3) is 2.82. The molecule has 0 aromatic rings. The average Bonchev–Trinajstić information content (AvgIpc) is 2.24. The zero-order valence-corrected chi connectivity index (χ0v) is 9.71. The van der Waals surface area contributed by atoms with E-state index in [9.17, 15) is 0 Å². The summed E-state index contributed by atoms with van der Waals surface area (Å²) in [6.07, 6.45) is 9.48. The van der Waals surface area contributed by atoms with Crippen LogP contribution in [0.4, 0.5) is 0 Å². The Hall–Kier alpha value is -0.340. The molecule has 0 N–H and O–H groups in total. The highest BCUT2D eigenvalue weighted by Crippen LogP contribution is 2.31. The third-order valence-electron chi connectivity index (χ3n) is 3.71. The average molecular weight is 210 g/mol. The van der Waals surface area contributed by atoms with Crippen LogP contribution in [0.1, 0.15) is 32.6 Å². The first-order valence-electron chi connectivity index (χ1n) is 6.15. The van der Waals surface area contributed by atoms with Gasteiger partial charge in [-0.1, -0.05) is 19.1 Å². The van der Waals surface area contributed by atoms with Crippen LogP contribution in [0.3, 0.4) is 0 Å². The summed E-state index contributed by atoms with van der Waals surface area (Å²) in [4.78, 5) is 0. The number of ether oxygens (including phenoxy) is 2. The van der Waals surface area contributed by atoms with E-state index >= 15 is 0 Å². The molecule has 0 saturated carbocycles. The molecule has 0 aromatic carbocycles. The highest BCUT2D eigenvalue weighted by molar-refractivity contribution is 4.90. The van der Waals surface area contributed by atoms with Crippen molar-refractivity contribution < 1.29 is 9.47 Å². The van der Waals surface area contributed by atoms with Crippen molar-refractivity contribution >= 4 is 0 Å². The second kappa shape index (κ2) is 5.13. The predicted octanol–water partition coefficient (Wildman–Crippen LogP) is 2.79. The molecule has 1 atom stereocenters. The van der Waals surface area contributed by atoms with Crippen molar-refractivity contribution in [3.63, 3.8) is 0 Å². The summed E-state index contributed by atoms with van der Waals surface area (Å²) in [6.45, 7) is 5.85. The van der Waals surface area contributed by atoms with Gasteiger partial charge in [-0.3, -0.25) is 0 Å². The van der Waals surface area contributed by atoms with Crippen molar-refractivity contribution in [1.82, 2.24) is 0 Å². The van der Waals surface area contributed by atoms with E-state index in [0.29, 0.717) is 5.41 Å². The van der Waals surface area contributed by atoms with E-state index in [1.54, 1.807) is 0 Å². The molecule has 1 saturated heterocycles. The second-order valence-electron chi connectivity index (χ2n) is 5.01. The Morgan fingerprint density at radius 2 is 2.27 bits per heavy atom. The van der Waals surface area contributed by atoms with Crippen LogP contribution in [-0.4, -0.2) is 26.4 Å². The fourth-order valence-electron chi connectivity index (χ4n) is 2.23. The Bertz CT molecular complexity index is 213. The third-order valence-corrected chi connectivity index (χ3v) is 3.71. The van der Waals surface area contributed by atoms with Gasteiger partial charge in [0.1, 0.15) is 0 Å². The molecule has 1 aliphatic carbocycles. The maximum absolute atomic E-state index is 5.86. The lowest BCUT2D eigenvalue weighted by atomic mass is 9.84. The monoisotopic (exact) mass is 210 g/mol. The van der Waals surface area contributed by atoms with Crippen LogP contribution in [0.5, 0.6) is 0 Å². The van der Waals surface area contributed by atoms with E-state index in [0.717, 1.165) is 32.3 Å². The Morgan fingerprint density at radius 3 is 2.80 bits per heavy atom. The Labute approximate surface area is 92.6 Å². The smallest absolute Gasteiger partial charge is 0.0566 e. The summed E-state index contributed by atoms with van der Waals surface area (Å²) in [5.41, 5.74) is 0.352. The molecule has 15 heavy (non-hydrogen) atoms. The largest absolute Gasteiger partial charge is 0.380 e. The number of allylic oxidation sites excluding steroid dienone is 2. The zero-order valence-electron chi connectivity index (χ0n) is 9.71. The van der Waals surface area contributed by atoms with E-state index in [-0.39, 0.29) is 0 Å². The second-order valence-corrected chi connectivity index (χ2v) is 5.01. The quantitative estimate of drug-likeness (QED) is 0.650. The van der Waals surface area contributed by atoms with E-state index in [1.165, 1.54) is 25.7 Å². The molecule has 2 rings (SSSR count). The molecule has 2 aliphatic rings. The van der Waals surface area contributed by atoms with Crippen molar-refractivity contribution in [2.24, 2.45) is 11.3 Å². The lowest BCUT2D eigenvalue weighted by molar-refractivity contribution is -0.152. The summed E-state index contributed by atoms with van der Waals surface area (Å²) in [5, 5.41) is 0. The van der Waals surface area contributed by atoms with Crippen LogP contribution in [0, 0.1) is 11.3 Å². The Kier molecular flexibility index (Phi) is 3.81. The van der Waals surface area contributed by atoms with Gasteiger partial charge in [-0.15, -0.1) is 0 Å². The van der Waals surface area contributed by atoms with Gasteiger partial charge in [0.25, 0.3) is 0 Å². The molecule has 1 aliphatic heterocycles. The summed E-state index contributed by atoms with van der Waals surface area (Å²) in [7, 11) is 0. The Balaban J connectivity index is 1.63. The van der Waals surface area contributed by atoms with Gasteiger partial charge < -0.3 is 9.47 Å². The van der Waals surface area contributed by atoms with Crippen LogP contribution in [0.15, 0.2) is 12.2 Å². The Morgan fingerprint density at radius 1 is 1.40 bits per heavy atom. The summed E-state index contributed by atoms with van der Waals surface area (Å²) in [6, 6.07) is 0. The van der Waals surface area contributed by atoms with E-state index in [1.807, 2.05) is 0 Å². The maximum atomic E-state index is 5.86. The van der Waals surface area contributed by atoms with E-state index < -0.39 is 0 Å². The number of hydrogen-bond acceptors (Lipinski definition) is 2. The molecule has 1 unspecified atom stereocenters. The van der Waals surface area contributed by atoms with Gasteiger partial charge in [-0.05, 0) is 31.6 Å². The maximum Gasteiger partial charge on any atom is 0.0566 e. The molecule has 86 valence electrons. The summed E-state index contributed by atoms with van der Waals surface area (Å²) < 4.78 is 11.1. The highest BCUT2D eigenvalue weighted by Gasteiger charge is 2.37. The van der Waals surface area contributed by atoms with E-state index in [2.05, 4.69) is 19.1 Å². The van der Waals surface area contributed by atoms with Crippen molar-refractivity contribution in [2.45, 2.75) is 32.6 Å². The molecule has 0 radical (unpaired) electrons. The summed E-state index contributed by atoms with van der Waals surface area (Å²) in [5.74, 6) is 0.755. The number of rotatable bonds is 5. The topological polar surface area (TPSA) is 18.5 Å². The van der Waals surface area contributed by atoms with Gasteiger partial charge in [0.15, 0.2) is 0 Å². The molecular formula is C13H22O2. The van der Waals surface area contributed by atoms with Crippen LogP contribution < -0.4 is 0 Å². The normalized spacial score (nSPS) is 28.7. The zero-order chi connectivity index (χ0) is 10.6. The first kappa shape index (κ1) is 11.2. The predicted molar refractivity (Wildman–Crippen MR) is 60.8 cm³/mol. The van der Waals surface area contributed by atoms with Gasteiger partial charge >= 0.3 is 0 Å². The molecule has 0 amide bonds. The lowest BCUT2D eigenvalue weighted by Gasteiger charge is -2.40. The first-order chi connectivity index (χ1) is 7.35. The molecule has 1 heterocycles. The fraction of sp³-hybridized carbons (Fsp3) is 0.846. The van der Waals surface area contributed by atoms with Crippen molar-refractivity contribution in [2.75, 3.05) is 26.4 Å². The molecule has 1 fully saturated rings. The minimum atomic E-state index is 0.352. The minimum absolute atomic E-state index is 0.352. The van der Waals surface area contributed by atoms with Crippen LogP contribution in [0.2, 0.25) is 0 Å². The van der Waals surface area contributed by atoms with Gasteiger partial charge in [0.2, 0.25) is 0 Å². The van der Waals surface area contributed by atoms with Gasteiger partial charge in [-0.2, -0.15) is 0 Å². The molecule has 0 spiro atoms. The molecular weight excluding hydrogens is 188 g/mol. The lowest BCUT2D eigenvalue weighted by Crippen LogP contribution is -2.46. The molecule has 0 bridgehead atoms. The van der Waals surface area contributed by atoms with Crippen molar-refractivity contribution in [3.8, 4) is 0 Å². The van der Waals surface area contributed by atoms with Gasteiger partial charge in [0.05, 0.1) is 19.8 Å². The van der Waals surface area contributed by atoms with Crippen molar-refractivity contribution in [3.05, 3.63) is 12.2 Å². The van der Waals surface area contributed by atoms with Crippen LogP contribution >= 0.6 is 0 Å². The van der Waals surface area contributed by atoms with E-state index in [4.69, 9.17) is 9.47 Å².